The van der Waals surface area contributed by atoms with Gasteiger partial charge in [0.25, 0.3) is 5.91 Å². The van der Waals surface area contributed by atoms with Crippen LogP contribution in [-0.2, 0) is 0 Å². The van der Waals surface area contributed by atoms with Crippen molar-refractivity contribution in [2.45, 2.75) is 19.3 Å². The first kappa shape index (κ1) is 13.9. The van der Waals surface area contributed by atoms with Gasteiger partial charge in [0.2, 0.25) is 0 Å². The van der Waals surface area contributed by atoms with Crippen LogP contribution >= 0.6 is 0 Å². The molecule has 116 valence electrons. The average Bonchev–Trinajstić information content (AvgIpc) is 3.22. The number of hydrogen-bond donors (Lipinski definition) is 1. The highest BCUT2D eigenvalue weighted by Gasteiger charge is 2.30. The first-order valence-electron chi connectivity index (χ1n) is 7.87. The van der Waals surface area contributed by atoms with Crippen LogP contribution in [0.15, 0.2) is 42.7 Å². The second-order valence-electron chi connectivity index (χ2n) is 6.08. The van der Waals surface area contributed by atoms with Crippen LogP contribution in [-0.4, -0.2) is 39.1 Å². The molecule has 3 aromatic rings. The van der Waals surface area contributed by atoms with E-state index in [1.165, 1.54) is 0 Å². The number of amides is 1. The van der Waals surface area contributed by atoms with Crippen LogP contribution in [0.2, 0.25) is 0 Å². The lowest BCUT2D eigenvalue weighted by Gasteiger charge is -2.17. The van der Waals surface area contributed by atoms with E-state index in [2.05, 4.69) is 22.1 Å². The number of hydrogen-bond acceptors (Lipinski definition) is 3. The van der Waals surface area contributed by atoms with Gasteiger partial charge in [0.05, 0.1) is 6.20 Å². The van der Waals surface area contributed by atoms with Gasteiger partial charge in [-0.25, -0.2) is 0 Å². The van der Waals surface area contributed by atoms with Gasteiger partial charge < -0.3 is 4.90 Å². The Hall–Kier alpha value is -2.69. The summed E-state index contributed by atoms with van der Waals surface area (Å²) in [6.45, 7) is 3.52. The van der Waals surface area contributed by atoms with Crippen molar-refractivity contribution in [1.82, 2.24) is 20.1 Å². The summed E-state index contributed by atoms with van der Waals surface area (Å²) in [4.78, 5) is 19.1. The number of rotatable bonds is 2. The van der Waals surface area contributed by atoms with Gasteiger partial charge in [-0.2, -0.15) is 5.10 Å². The second-order valence-corrected chi connectivity index (χ2v) is 6.08. The fourth-order valence-electron chi connectivity index (χ4n) is 3.39. The van der Waals surface area contributed by atoms with E-state index in [-0.39, 0.29) is 5.91 Å². The SMILES string of the molecule is Cc1cn[nH]c1[C@@H]1CCN(C(=O)c2nccc3ccccc23)C1. The van der Waals surface area contributed by atoms with Crippen LogP contribution < -0.4 is 0 Å². The Morgan fingerprint density at radius 1 is 1.30 bits per heavy atom. The molecular weight excluding hydrogens is 288 g/mol. The number of likely N-dealkylation sites (tertiary alicyclic amines) is 1. The number of aromatic amines is 1. The van der Waals surface area contributed by atoms with Crippen molar-refractivity contribution in [1.29, 1.82) is 0 Å². The maximum atomic E-state index is 12.9. The largest absolute Gasteiger partial charge is 0.337 e. The third-order valence-electron chi connectivity index (χ3n) is 4.63. The van der Waals surface area contributed by atoms with Crippen LogP contribution in [0.5, 0.6) is 0 Å². The molecule has 0 bridgehead atoms. The number of nitrogens with one attached hydrogen (secondary N) is 1. The minimum atomic E-state index is 0.0152. The van der Waals surface area contributed by atoms with Gasteiger partial charge in [-0.3, -0.25) is 14.9 Å². The van der Waals surface area contributed by atoms with Gasteiger partial charge in [-0.1, -0.05) is 24.3 Å². The van der Waals surface area contributed by atoms with Crippen LogP contribution in [0.1, 0.15) is 34.1 Å². The third-order valence-corrected chi connectivity index (χ3v) is 4.63. The van der Waals surface area contributed by atoms with Crippen molar-refractivity contribution in [3.05, 3.63) is 59.7 Å². The van der Waals surface area contributed by atoms with Crippen molar-refractivity contribution in [3.8, 4) is 0 Å². The molecule has 1 fully saturated rings. The molecule has 3 heterocycles. The molecule has 2 aromatic heterocycles. The zero-order chi connectivity index (χ0) is 15.8. The van der Waals surface area contributed by atoms with Gasteiger partial charge in [0.15, 0.2) is 0 Å². The Kier molecular flexibility index (Phi) is 3.33. The van der Waals surface area contributed by atoms with Gasteiger partial charge in [-0.15, -0.1) is 0 Å². The van der Waals surface area contributed by atoms with Crippen LogP contribution in [0.3, 0.4) is 0 Å². The first-order valence-corrected chi connectivity index (χ1v) is 7.87. The van der Waals surface area contributed by atoms with Crippen molar-refractivity contribution < 1.29 is 4.79 Å². The van der Waals surface area contributed by atoms with Crippen LogP contribution in [0.25, 0.3) is 10.8 Å². The molecular formula is C18H18N4O. The maximum absolute atomic E-state index is 12.9. The molecule has 1 amide bonds. The fraction of sp³-hybridized carbons (Fsp3) is 0.278. The number of aryl methyl sites for hydroxylation is 1. The molecule has 4 rings (SSSR count). The molecule has 1 aromatic carbocycles. The summed E-state index contributed by atoms with van der Waals surface area (Å²) in [7, 11) is 0. The maximum Gasteiger partial charge on any atom is 0.273 e. The number of pyridine rings is 1. The molecule has 0 radical (unpaired) electrons. The van der Waals surface area contributed by atoms with Gasteiger partial charge in [-0.05, 0) is 30.4 Å². The number of benzene rings is 1. The lowest BCUT2D eigenvalue weighted by molar-refractivity contribution is 0.0787. The zero-order valence-corrected chi connectivity index (χ0v) is 13.0. The number of aromatic nitrogens is 3. The quantitative estimate of drug-likeness (QED) is 0.792. The van der Waals surface area contributed by atoms with E-state index in [1.807, 2.05) is 41.4 Å². The predicted molar refractivity (Wildman–Crippen MR) is 88.3 cm³/mol. The molecule has 1 N–H and O–H groups in total. The summed E-state index contributed by atoms with van der Waals surface area (Å²) in [5.41, 5.74) is 2.85. The number of nitrogens with zero attached hydrogens (tertiary/aromatic N) is 3. The topological polar surface area (TPSA) is 61.9 Å². The summed E-state index contributed by atoms with van der Waals surface area (Å²) in [5, 5.41) is 9.13. The highest BCUT2D eigenvalue weighted by atomic mass is 16.2. The summed E-state index contributed by atoms with van der Waals surface area (Å²) in [6.07, 6.45) is 4.51. The van der Waals surface area contributed by atoms with Crippen LogP contribution in [0, 0.1) is 6.92 Å². The van der Waals surface area contributed by atoms with Crippen molar-refractivity contribution in [2.24, 2.45) is 0 Å². The van der Waals surface area contributed by atoms with Gasteiger partial charge in [0, 0.05) is 36.3 Å². The van der Waals surface area contributed by atoms with E-state index in [9.17, 15) is 4.79 Å². The molecule has 0 spiro atoms. The van der Waals surface area contributed by atoms with E-state index >= 15 is 0 Å². The average molecular weight is 306 g/mol. The Bertz CT molecular complexity index is 865. The molecule has 0 aliphatic carbocycles. The van der Waals surface area contributed by atoms with E-state index in [1.54, 1.807) is 6.20 Å². The highest BCUT2D eigenvalue weighted by molar-refractivity contribution is 6.05. The first-order chi connectivity index (χ1) is 11.2. The van der Waals surface area contributed by atoms with E-state index in [0.717, 1.165) is 35.0 Å². The van der Waals surface area contributed by atoms with Crippen molar-refractivity contribution in [2.75, 3.05) is 13.1 Å². The Morgan fingerprint density at radius 3 is 3.00 bits per heavy atom. The Balaban J connectivity index is 1.61. The Morgan fingerprint density at radius 2 is 2.17 bits per heavy atom. The van der Waals surface area contributed by atoms with Crippen molar-refractivity contribution >= 4 is 16.7 Å². The fourth-order valence-corrected chi connectivity index (χ4v) is 3.39. The molecule has 23 heavy (non-hydrogen) atoms. The number of H-pyrrole nitrogens is 1. The number of carbonyl (C=O) groups is 1. The summed E-state index contributed by atoms with van der Waals surface area (Å²) in [5.74, 6) is 0.345. The minimum Gasteiger partial charge on any atom is -0.337 e. The van der Waals surface area contributed by atoms with E-state index in [0.29, 0.717) is 18.2 Å². The molecule has 1 aliphatic rings. The van der Waals surface area contributed by atoms with Crippen molar-refractivity contribution in [3.63, 3.8) is 0 Å². The van der Waals surface area contributed by atoms with E-state index in [4.69, 9.17) is 0 Å². The van der Waals surface area contributed by atoms with Gasteiger partial charge in [0.1, 0.15) is 5.69 Å². The molecule has 1 aliphatic heterocycles. The lowest BCUT2D eigenvalue weighted by Crippen LogP contribution is -2.29. The van der Waals surface area contributed by atoms with E-state index < -0.39 is 0 Å². The zero-order valence-electron chi connectivity index (χ0n) is 13.0. The molecule has 5 nitrogen and oxygen atoms in total. The smallest absolute Gasteiger partial charge is 0.273 e. The third kappa shape index (κ3) is 2.38. The normalized spacial score (nSPS) is 17.8. The van der Waals surface area contributed by atoms with Crippen LogP contribution in [0.4, 0.5) is 0 Å². The lowest BCUT2D eigenvalue weighted by atomic mass is 10.0. The number of carbonyl (C=O) groups excluding carboxylic acids is 1. The second kappa shape index (κ2) is 5.50. The monoisotopic (exact) mass is 306 g/mol. The highest BCUT2D eigenvalue weighted by Crippen LogP contribution is 2.29. The molecule has 0 saturated carbocycles. The number of fused-ring (bicyclic) bond motifs is 1. The molecule has 5 heteroatoms. The molecule has 1 atom stereocenters. The molecule has 1 saturated heterocycles. The standard InChI is InChI=1S/C18H18N4O/c1-12-10-20-21-16(12)14-7-9-22(11-14)18(23)17-15-5-3-2-4-13(15)6-8-19-17/h2-6,8,10,14H,7,9,11H2,1H3,(H,20,21)/t14-/m1/s1. The predicted octanol–water partition coefficient (Wildman–Crippen LogP) is 2.90. The molecule has 0 unspecified atom stereocenters. The summed E-state index contributed by atoms with van der Waals surface area (Å²) < 4.78 is 0. The van der Waals surface area contributed by atoms with Gasteiger partial charge >= 0.3 is 0 Å². The Labute approximate surface area is 134 Å². The summed E-state index contributed by atoms with van der Waals surface area (Å²) >= 11 is 0. The summed E-state index contributed by atoms with van der Waals surface area (Å²) in [6, 6.07) is 9.83. The minimum absolute atomic E-state index is 0.0152.